The molecule has 0 saturated carbocycles. The Bertz CT molecular complexity index is 445. The van der Waals surface area contributed by atoms with Gasteiger partial charge in [-0.25, -0.2) is 0 Å². The van der Waals surface area contributed by atoms with Gasteiger partial charge < -0.3 is 0 Å². The van der Waals surface area contributed by atoms with Crippen LogP contribution < -0.4 is 10.6 Å². The summed E-state index contributed by atoms with van der Waals surface area (Å²) in [5.74, 6) is 0. The Morgan fingerprint density at radius 1 is 0.833 bits per heavy atom. The highest BCUT2D eigenvalue weighted by molar-refractivity contribution is 7.50. The summed E-state index contributed by atoms with van der Waals surface area (Å²) in [4.78, 5) is 0. The monoisotopic (exact) mass is 294 g/mol. The molecule has 94 valence electrons. The third-order valence-electron chi connectivity index (χ3n) is 2.60. The fraction of sp³-hybridized carbons (Fsp3) is 0.200. The van der Waals surface area contributed by atoms with E-state index < -0.39 is 0 Å². The third kappa shape index (κ3) is 5.07. The molecule has 0 nitrogen and oxygen atoms in total. The molecule has 0 radical (unpaired) electrons. The van der Waals surface area contributed by atoms with Crippen molar-refractivity contribution in [2.45, 2.75) is 11.5 Å². The number of halogens is 1. The molecule has 2 aromatic rings. The number of hydrogen-bond donors (Lipinski definition) is 0. The molecule has 0 aromatic heterocycles. The van der Waals surface area contributed by atoms with E-state index in [0.29, 0.717) is 8.58 Å². The van der Waals surface area contributed by atoms with Gasteiger partial charge in [-0.15, -0.1) is 11.6 Å². The average molecular weight is 295 g/mol. The van der Waals surface area contributed by atoms with Gasteiger partial charge in [-0.05, 0) is 23.2 Å². The second-order valence-electron chi connectivity index (χ2n) is 4.06. The highest BCUT2D eigenvalue weighted by Gasteiger charge is 2.05. The van der Waals surface area contributed by atoms with Crippen molar-refractivity contribution in [3.8, 4) is 0 Å². The largest absolute Gasteiger partial charge is 0.118 e. The van der Waals surface area contributed by atoms with Gasteiger partial charge in [0.05, 0.1) is 5.12 Å². The van der Waals surface area contributed by atoms with Gasteiger partial charge in [-0.2, -0.15) is 0 Å². The van der Waals surface area contributed by atoms with Crippen LogP contribution in [-0.2, 0) is 0 Å². The first kappa shape index (κ1) is 14.0. The maximum atomic E-state index is 6.40. The van der Waals surface area contributed by atoms with Crippen LogP contribution in [0.3, 0.4) is 0 Å². The molecule has 0 aliphatic carbocycles. The molecule has 0 N–H and O–H groups in total. The van der Waals surface area contributed by atoms with Crippen LogP contribution in [0, 0.1) is 0 Å². The lowest BCUT2D eigenvalue weighted by atomic mass is 10.4. The minimum atomic E-state index is 0.281. The predicted molar refractivity (Wildman–Crippen MR) is 87.9 cm³/mol. The first-order chi connectivity index (χ1) is 8.84. The van der Waals surface area contributed by atoms with Gasteiger partial charge in [0.25, 0.3) is 0 Å². The van der Waals surface area contributed by atoms with Gasteiger partial charge in [-0.1, -0.05) is 77.8 Å². The van der Waals surface area contributed by atoms with Crippen LogP contribution in [0.15, 0.2) is 60.7 Å². The fourth-order valence-electron chi connectivity index (χ4n) is 1.69. The van der Waals surface area contributed by atoms with Crippen LogP contribution >= 0.6 is 28.8 Å². The minimum Gasteiger partial charge on any atom is -0.118 e. The lowest BCUT2D eigenvalue weighted by molar-refractivity contribution is 1.06. The smallest absolute Gasteiger partial charge is 0.0550 e. The normalized spacial score (nSPS) is 13.6. The van der Waals surface area contributed by atoms with E-state index in [2.05, 4.69) is 54.6 Å². The van der Waals surface area contributed by atoms with Crippen molar-refractivity contribution < 1.29 is 0 Å². The summed E-state index contributed by atoms with van der Waals surface area (Å²) in [6.07, 6.45) is 2.29. The van der Waals surface area contributed by atoms with Crippen LogP contribution in [0.2, 0.25) is 0 Å². The van der Waals surface area contributed by atoms with E-state index in [1.165, 1.54) is 16.8 Å². The van der Waals surface area contributed by atoms with Gasteiger partial charge in [0.1, 0.15) is 0 Å². The van der Waals surface area contributed by atoms with Gasteiger partial charge >= 0.3 is 0 Å². The molecule has 0 aliphatic rings. The second-order valence-corrected chi connectivity index (χ2v) is 7.95. The molecule has 3 heteroatoms. The minimum absolute atomic E-state index is 0.281. The van der Waals surface area contributed by atoms with Crippen molar-refractivity contribution in [1.29, 1.82) is 0 Å². The summed E-state index contributed by atoms with van der Waals surface area (Å²) in [5, 5.41) is 3.08. The Morgan fingerprint density at radius 2 is 1.39 bits per heavy atom. The fourth-order valence-corrected chi connectivity index (χ4v) is 4.83. The predicted octanol–water partition coefficient (Wildman–Crippen LogP) is 3.95. The lowest BCUT2D eigenvalue weighted by Gasteiger charge is -2.09. The van der Waals surface area contributed by atoms with Gasteiger partial charge in [0.15, 0.2) is 0 Å². The van der Waals surface area contributed by atoms with Crippen molar-refractivity contribution in [3.63, 3.8) is 0 Å². The Balaban J connectivity index is 1.71. The zero-order valence-corrected chi connectivity index (χ0v) is 12.9. The SMILES string of the molecule is ClC(CCPc1ccccc1)Pc1ccccc1. The second kappa shape index (κ2) is 7.90. The molecule has 2 aromatic carbocycles. The third-order valence-corrected chi connectivity index (χ3v) is 5.69. The van der Waals surface area contributed by atoms with Gasteiger partial charge in [0, 0.05) is 0 Å². The van der Waals surface area contributed by atoms with E-state index in [-0.39, 0.29) is 5.12 Å². The summed E-state index contributed by atoms with van der Waals surface area (Å²) in [6.45, 7) is 0. The van der Waals surface area contributed by atoms with Crippen molar-refractivity contribution in [2.75, 3.05) is 6.16 Å². The first-order valence-electron chi connectivity index (χ1n) is 6.09. The maximum absolute atomic E-state index is 6.40. The standard InChI is InChI=1S/C15H17ClP2/c16-15(18-14-9-5-2-6-10-14)11-12-17-13-7-3-1-4-8-13/h1-10,15,17-18H,11-12H2. The zero-order chi connectivity index (χ0) is 12.6. The zero-order valence-electron chi connectivity index (χ0n) is 10.1. The van der Waals surface area contributed by atoms with Crippen molar-refractivity contribution in [2.24, 2.45) is 0 Å². The van der Waals surface area contributed by atoms with Crippen LogP contribution in [0.5, 0.6) is 0 Å². The van der Waals surface area contributed by atoms with E-state index in [1.54, 1.807) is 0 Å². The molecule has 3 atom stereocenters. The molecular formula is C15H17ClP2. The lowest BCUT2D eigenvalue weighted by Crippen LogP contribution is -2.02. The Hall–Kier alpha value is -0.410. The first-order valence-corrected chi connectivity index (χ1v) is 8.81. The summed E-state index contributed by atoms with van der Waals surface area (Å²) in [5.41, 5.74) is 0. The van der Waals surface area contributed by atoms with E-state index in [9.17, 15) is 0 Å². The highest BCUT2D eigenvalue weighted by Crippen LogP contribution is 2.27. The molecule has 0 aliphatic heterocycles. The van der Waals surface area contributed by atoms with E-state index in [1.807, 2.05) is 6.07 Å². The Kier molecular flexibility index (Phi) is 6.15. The van der Waals surface area contributed by atoms with E-state index >= 15 is 0 Å². The number of rotatable bonds is 6. The van der Waals surface area contributed by atoms with Crippen LogP contribution in [-0.4, -0.2) is 11.3 Å². The molecule has 0 heterocycles. The van der Waals surface area contributed by atoms with Gasteiger partial charge in [-0.3, -0.25) is 0 Å². The molecule has 0 amide bonds. The summed E-state index contributed by atoms with van der Waals surface area (Å²) in [6, 6.07) is 21.2. The van der Waals surface area contributed by atoms with Crippen LogP contribution in [0.4, 0.5) is 0 Å². The molecule has 2 rings (SSSR count). The van der Waals surface area contributed by atoms with Crippen LogP contribution in [0.25, 0.3) is 0 Å². The summed E-state index contributed by atoms with van der Waals surface area (Å²) in [7, 11) is 1.59. The molecule has 0 fully saturated rings. The van der Waals surface area contributed by atoms with Gasteiger partial charge in [0.2, 0.25) is 0 Å². The summed E-state index contributed by atoms with van der Waals surface area (Å²) >= 11 is 6.40. The van der Waals surface area contributed by atoms with Crippen molar-refractivity contribution >= 4 is 39.4 Å². The molecule has 18 heavy (non-hydrogen) atoms. The molecule has 0 saturated heterocycles. The molecule has 3 unspecified atom stereocenters. The Labute approximate surface area is 118 Å². The number of hydrogen-bond acceptors (Lipinski definition) is 0. The molecule has 0 bridgehead atoms. The molecule has 0 spiro atoms. The van der Waals surface area contributed by atoms with Crippen LogP contribution in [0.1, 0.15) is 6.42 Å². The maximum Gasteiger partial charge on any atom is 0.0550 e. The van der Waals surface area contributed by atoms with Crippen molar-refractivity contribution in [3.05, 3.63) is 60.7 Å². The Morgan fingerprint density at radius 3 is 2.00 bits per heavy atom. The average Bonchev–Trinajstić information content (AvgIpc) is 2.41. The van der Waals surface area contributed by atoms with Crippen molar-refractivity contribution in [1.82, 2.24) is 0 Å². The van der Waals surface area contributed by atoms with E-state index in [0.717, 1.165) is 15.0 Å². The molecular weight excluding hydrogens is 278 g/mol. The number of benzene rings is 2. The quantitative estimate of drug-likeness (QED) is 0.559. The summed E-state index contributed by atoms with van der Waals surface area (Å²) < 4.78 is 0. The number of alkyl halides is 1. The van der Waals surface area contributed by atoms with E-state index in [4.69, 9.17) is 11.6 Å². The topological polar surface area (TPSA) is 0 Å². The highest BCUT2D eigenvalue weighted by atomic mass is 35.5.